The number of nitrogen functional groups attached to an aromatic ring is 1. The second kappa shape index (κ2) is 5.32. The van der Waals surface area contributed by atoms with E-state index in [4.69, 9.17) is 10.8 Å². The molecule has 1 aromatic heterocycles. The van der Waals surface area contributed by atoms with Gasteiger partial charge in [-0.15, -0.1) is 11.3 Å². The fraction of sp³-hybridized carbons (Fsp3) is 0.0833. The van der Waals surface area contributed by atoms with E-state index in [0.717, 1.165) is 10.5 Å². The lowest BCUT2D eigenvalue weighted by Crippen LogP contribution is -1.97. The molecule has 84 valence electrons. The molecule has 0 atom stereocenters. The van der Waals surface area contributed by atoms with Gasteiger partial charge >= 0.3 is 5.97 Å². The highest BCUT2D eigenvalue weighted by molar-refractivity contribution is 7.16. The molecule has 3 N–H and O–H groups in total. The van der Waals surface area contributed by atoms with Gasteiger partial charge in [0.2, 0.25) is 0 Å². The van der Waals surface area contributed by atoms with E-state index in [2.05, 4.69) is 13.2 Å². The standard InChI is InChI=1S/C12H13NO2S/c1-3-4-5-8(2)6-9-7-10(12(14)15)11(13)16-9/h3-5,7H,1-2,6,13H2,(H,14,15)/b5-4-. The van der Waals surface area contributed by atoms with Gasteiger partial charge in [0.25, 0.3) is 0 Å². The van der Waals surface area contributed by atoms with E-state index in [1.807, 2.05) is 6.08 Å². The van der Waals surface area contributed by atoms with E-state index in [0.29, 0.717) is 11.4 Å². The Morgan fingerprint density at radius 1 is 1.62 bits per heavy atom. The van der Waals surface area contributed by atoms with Crippen molar-refractivity contribution >= 4 is 22.3 Å². The first-order chi connectivity index (χ1) is 7.54. The summed E-state index contributed by atoms with van der Waals surface area (Å²) in [4.78, 5) is 11.7. The van der Waals surface area contributed by atoms with E-state index in [1.54, 1.807) is 18.2 Å². The van der Waals surface area contributed by atoms with Crippen molar-refractivity contribution in [2.45, 2.75) is 6.42 Å². The largest absolute Gasteiger partial charge is 0.478 e. The third-order valence-electron chi connectivity index (χ3n) is 1.91. The molecular weight excluding hydrogens is 222 g/mol. The Morgan fingerprint density at radius 3 is 2.81 bits per heavy atom. The third kappa shape index (κ3) is 3.10. The Hall–Kier alpha value is -1.81. The molecule has 1 aromatic rings. The fourth-order valence-corrected chi connectivity index (χ4v) is 2.17. The summed E-state index contributed by atoms with van der Waals surface area (Å²) in [6.45, 7) is 7.41. The van der Waals surface area contributed by atoms with Crippen LogP contribution in [0, 0.1) is 0 Å². The van der Waals surface area contributed by atoms with Crippen LogP contribution >= 0.6 is 11.3 Å². The summed E-state index contributed by atoms with van der Waals surface area (Å²) < 4.78 is 0. The van der Waals surface area contributed by atoms with E-state index in [-0.39, 0.29) is 5.56 Å². The maximum absolute atomic E-state index is 10.8. The molecule has 1 heterocycles. The number of hydrogen-bond donors (Lipinski definition) is 2. The minimum Gasteiger partial charge on any atom is -0.478 e. The van der Waals surface area contributed by atoms with E-state index in [1.165, 1.54) is 11.3 Å². The highest BCUT2D eigenvalue weighted by atomic mass is 32.1. The summed E-state index contributed by atoms with van der Waals surface area (Å²) in [5, 5.41) is 9.17. The number of carbonyl (C=O) groups is 1. The molecule has 0 radical (unpaired) electrons. The summed E-state index contributed by atoms with van der Waals surface area (Å²) in [6, 6.07) is 1.59. The number of thiophene rings is 1. The fourth-order valence-electron chi connectivity index (χ4n) is 1.20. The first-order valence-corrected chi connectivity index (χ1v) is 5.44. The van der Waals surface area contributed by atoms with Gasteiger partial charge in [-0.3, -0.25) is 0 Å². The quantitative estimate of drug-likeness (QED) is 0.771. The number of hydrogen-bond acceptors (Lipinski definition) is 3. The van der Waals surface area contributed by atoms with Crippen LogP contribution in [0.1, 0.15) is 15.2 Å². The highest BCUT2D eigenvalue weighted by Gasteiger charge is 2.12. The maximum Gasteiger partial charge on any atom is 0.338 e. The van der Waals surface area contributed by atoms with Crippen molar-refractivity contribution in [1.29, 1.82) is 0 Å². The van der Waals surface area contributed by atoms with Crippen LogP contribution in [0.4, 0.5) is 5.00 Å². The number of carboxylic acid groups (broad SMARTS) is 1. The smallest absolute Gasteiger partial charge is 0.338 e. The number of anilines is 1. The molecule has 0 aliphatic rings. The molecule has 0 fully saturated rings. The molecule has 0 unspecified atom stereocenters. The summed E-state index contributed by atoms with van der Waals surface area (Å²) >= 11 is 1.28. The van der Waals surface area contributed by atoms with Crippen LogP contribution < -0.4 is 5.73 Å². The molecule has 0 saturated heterocycles. The Bertz CT molecular complexity index is 458. The molecule has 0 amide bonds. The number of carboxylic acids is 1. The van der Waals surface area contributed by atoms with E-state index < -0.39 is 5.97 Å². The summed E-state index contributed by atoms with van der Waals surface area (Å²) in [5.74, 6) is -0.993. The average Bonchev–Trinajstić information content (AvgIpc) is 2.56. The molecule has 4 heteroatoms. The van der Waals surface area contributed by atoms with Gasteiger partial charge in [0.05, 0.1) is 5.56 Å². The molecule has 0 aliphatic carbocycles. The van der Waals surface area contributed by atoms with Gasteiger partial charge in [0, 0.05) is 11.3 Å². The van der Waals surface area contributed by atoms with Crippen molar-refractivity contribution in [2.75, 3.05) is 5.73 Å². The number of nitrogens with two attached hydrogens (primary N) is 1. The Balaban J connectivity index is 2.79. The third-order valence-corrected chi connectivity index (χ3v) is 2.88. The molecular formula is C12H13NO2S. The van der Waals surface area contributed by atoms with Crippen LogP contribution in [0.15, 0.2) is 43.0 Å². The monoisotopic (exact) mass is 235 g/mol. The molecule has 16 heavy (non-hydrogen) atoms. The van der Waals surface area contributed by atoms with Crippen LogP contribution in [0.3, 0.4) is 0 Å². The van der Waals surface area contributed by atoms with Gasteiger partial charge in [-0.1, -0.05) is 37.0 Å². The Kier molecular flexibility index (Phi) is 4.08. The normalized spacial score (nSPS) is 10.5. The predicted molar refractivity (Wildman–Crippen MR) is 67.9 cm³/mol. The summed E-state index contributed by atoms with van der Waals surface area (Å²) in [7, 11) is 0. The average molecular weight is 235 g/mol. The van der Waals surface area contributed by atoms with Crippen LogP contribution in [0.5, 0.6) is 0 Å². The van der Waals surface area contributed by atoms with Crippen LogP contribution in [-0.2, 0) is 6.42 Å². The zero-order chi connectivity index (χ0) is 12.1. The number of aromatic carboxylic acids is 1. The van der Waals surface area contributed by atoms with Crippen molar-refractivity contribution in [2.24, 2.45) is 0 Å². The minimum atomic E-state index is -0.993. The van der Waals surface area contributed by atoms with Crippen LogP contribution in [0.25, 0.3) is 0 Å². The van der Waals surface area contributed by atoms with Crippen molar-refractivity contribution in [3.8, 4) is 0 Å². The lowest BCUT2D eigenvalue weighted by molar-refractivity contribution is 0.0698. The Labute approximate surface area is 98.2 Å². The van der Waals surface area contributed by atoms with Gasteiger partial charge in [0.1, 0.15) is 5.00 Å². The number of allylic oxidation sites excluding steroid dienone is 4. The molecule has 0 aliphatic heterocycles. The lowest BCUT2D eigenvalue weighted by Gasteiger charge is -1.95. The van der Waals surface area contributed by atoms with Gasteiger partial charge in [0.15, 0.2) is 0 Å². The molecule has 0 saturated carbocycles. The van der Waals surface area contributed by atoms with Crippen molar-refractivity contribution in [1.82, 2.24) is 0 Å². The van der Waals surface area contributed by atoms with Crippen LogP contribution in [-0.4, -0.2) is 11.1 Å². The van der Waals surface area contributed by atoms with Crippen molar-refractivity contribution in [3.63, 3.8) is 0 Å². The first-order valence-electron chi connectivity index (χ1n) is 4.63. The Morgan fingerprint density at radius 2 is 2.31 bits per heavy atom. The predicted octanol–water partition coefficient (Wildman–Crippen LogP) is 2.87. The molecule has 3 nitrogen and oxygen atoms in total. The molecule has 0 aromatic carbocycles. The second-order valence-corrected chi connectivity index (χ2v) is 4.39. The van der Waals surface area contributed by atoms with E-state index >= 15 is 0 Å². The van der Waals surface area contributed by atoms with Gasteiger partial charge < -0.3 is 10.8 Å². The molecule has 1 rings (SSSR count). The zero-order valence-electron chi connectivity index (χ0n) is 8.77. The highest BCUT2D eigenvalue weighted by Crippen LogP contribution is 2.26. The van der Waals surface area contributed by atoms with Gasteiger partial charge in [-0.05, 0) is 6.07 Å². The van der Waals surface area contributed by atoms with Gasteiger partial charge in [-0.2, -0.15) is 0 Å². The minimum absolute atomic E-state index is 0.167. The molecule has 0 spiro atoms. The van der Waals surface area contributed by atoms with Gasteiger partial charge in [-0.25, -0.2) is 4.79 Å². The maximum atomic E-state index is 10.8. The van der Waals surface area contributed by atoms with Crippen molar-refractivity contribution in [3.05, 3.63) is 53.5 Å². The lowest BCUT2D eigenvalue weighted by atomic mass is 10.1. The first kappa shape index (κ1) is 12.3. The summed E-state index contributed by atoms with van der Waals surface area (Å²) in [6.07, 6.45) is 5.89. The SMILES string of the molecule is C=C/C=C\C(=C)Cc1cc(C(=O)O)c(N)s1. The zero-order valence-corrected chi connectivity index (χ0v) is 9.59. The summed E-state index contributed by atoms with van der Waals surface area (Å²) in [5.41, 5.74) is 6.65. The van der Waals surface area contributed by atoms with Crippen molar-refractivity contribution < 1.29 is 9.90 Å². The van der Waals surface area contributed by atoms with Crippen LogP contribution in [0.2, 0.25) is 0 Å². The topological polar surface area (TPSA) is 63.3 Å². The second-order valence-electron chi connectivity index (χ2n) is 3.23. The number of rotatable bonds is 5. The van der Waals surface area contributed by atoms with E-state index in [9.17, 15) is 4.79 Å². The molecule has 0 bridgehead atoms.